The van der Waals surface area contributed by atoms with Gasteiger partial charge in [0.15, 0.2) is 0 Å². The second-order valence-electron chi connectivity index (χ2n) is 4.26. The van der Waals surface area contributed by atoms with Crippen molar-refractivity contribution >= 4 is 5.91 Å². The topological polar surface area (TPSA) is 53.2 Å². The van der Waals surface area contributed by atoms with Crippen molar-refractivity contribution in [3.63, 3.8) is 0 Å². The van der Waals surface area contributed by atoms with E-state index in [0.29, 0.717) is 11.3 Å². The molecule has 0 radical (unpaired) electrons. The Balaban J connectivity index is 2.36. The quantitative estimate of drug-likeness (QED) is 0.795. The average molecular weight is 278 g/mol. The van der Waals surface area contributed by atoms with Gasteiger partial charge in [-0.2, -0.15) is 13.2 Å². The first-order chi connectivity index (χ1) is 8.80. The number of carbonyl (C=O) groups excluding carboxylic acids is 1. The summed E-state index contributed by atoms with van der Waals surface area (Å²) >= 11 is 0. The molecule has 1 N–H and O–H groups in total. The van der Waals surface area contributed by atoms with Crippen molar-refractivity contribution < 1.29 is 22.4 Å². The highest BCUT2D eigenvalue weighted by molar-refractivity contribution is 5.82. The van der Waals surface area contributed by atoms with Gasteiger partial charge in [0.25, 0.3) is 5.56 Å². The molecule has 0 spiro atoms. The Morgan fingerprint density at radius 2 is 2.11 bits per heavy atom. The number of aromatic nitrogens is 1. The summed E-state index contributed by atoms with van der Waals surface area (Å²) in [4.78, 5) is 25.4. The first-order valence-electron chi connectivity index (χ1n) is 5.56. The Kier molecular flexibility index (Phi) is 3.34. The minimum Gasteiger partial charge on any atom is -0.328 e. The maximum atomic E-state index is 13.1. The molecule has 4 nitrogen and oxygen atoms in total. The highest BCUT2D eigenvalue weighted by Crippen LogP contribution is 2.33. The van der Waals surface area contributed by atoms with Crippen LogP contribution in [0.2, 0.25) is 0 Å². The van der Waals surface area contributed by atoms with Crippen LogP contribution in [0.5, 0.6) is 0 Å². The van der Waals surface area contributed by atoms with Crippen LogP contribution in [0.3, 0.4) is 0 Å². The highest BCUT2D eigenvalue weighted by Gasteiger charge is 2.46. The number of alkyl halides is 3. The summed E-state index contributed by atoms with van der Waals surface area (Å²) in [5.41, 5.74) is -0.844. The number of hydrogen-bond acceptors (Lipinski definition) is 2. The second kappa shape index (κ2) is 4.67. The fourth-order valence-electron chi connectivity index (χ4n) is 2.22. The van der Waals surface area contributed by atoms with E-state index in [2.05, 4.69) is 4.98 Å². The molecule has 0 unspecified atom stereocenters. The Labute approximate surface area is 105 Å². The van der Waals surface area contributed by atoms with Gasteiger partial charge in [-0.15, -0.1) is 0 Å². The Morgan fingerprint density at radius 1 is 1.42 bits per heavy atom. The lowest BCUT2D eigenvalue weighted by Gasteiger charge is -2.25. The molecule has 1 aromatic heterocycles. The SMILES string of the molecule is O=C(N1CCC[C@@H]1c1cc(F)c[nH]c1=O)C(F)(F)F. The van der Waals surface area contributed by atoms with Crippen LogP contribution in [0, 0.1) is 5.82 Å². The van der Waals surface area contributed by atoms with Gasteiger partial charge in [0, 0.05) is 18.3 Å². The lowest BCUT2D eigenvalue weighted by molar-refractivity contribution is -0.186. The fraction of sp³-hybridized carbons (Fsp3) is 0.455. The molecule has 1 aliphatic heterocycles. The van der Waals surface area contributed by atoms with Crippen molar-refractivity contribution in [1.29, 1.82) is 0 Å². The molecule has 1 atom stereocenters. The minimum atomic E-state index is -5.00. The molecule has 2 rings (SSSR count). The molecule has 19 heavy (non-hydrogen) atoms. The van der Waals surface area contributed by atoms with Crippen LogP contribution in [0.4, 0.5) is 17.6 Å². The van der Waals surface area contributed by atoms with Crippen LogP contribution in [0.15, 0.2) is 17.1 Å². The zero-order valence-electron chi connectivity index (χ0n) is 9.63. The van der Waals surface area contributed by atoms with Crippen molar-refractivity contribution in [3.05, 3.63) is 34.0 Å². The van der Waals surface area contributed by atoms with Crippen molar-refractivity contribution in [2.24, 2.45) is 0 Å². The van der Waals surface area contributed by atoms with Gasteiger partial charge in [-0.25, -0.2) is 4.39 Å². The third kappa shape index (κ3) is 2.61. The molecule has 0 aromatic carbocycles. The zero-order chi connectivity index (χ0) is 14.2. The van der Waals surface area contributed by atoms with Crippen molar-refractivity contribution in [2.45, 2.75) is 25.1 Å². The van der Waals surface area contributed by atoms with Gasteiger partial charge in [0.05, 0.1) is 6.04 Å². The normalized spacial score (nSPS) is 19.8. The molecule has 1 saturated heterocycles. The van der Waals surface area contributed by atoms with E-state index >= 15 is 0 Å². The number of hydrogen-bond donors (Lipinski definition) is 1. The molecular formula is C11H10F4N2O2. The van der Waals surface area contributed by atoms with Crippen molar-refractivity contribution in [3.8, 4) is 0 Å². The van der Waals surface area contributed by atoms with Crippen LogP contribution in [0.25, 0.3) is 0 Å². The molecule has 1 aromatic rings. The molecular weight excluding hydrogens is 268 g/mol. The van der Waals surface area contributed by atoms with Gasteiger partial charge in [-0.05, 0) is 18.9 Å². The van der Waals surface area contributed by atoms with Gasteiger partial charge in [0.2, 0.25) is 0 Å². The Hall–Kier alpha value is -1.86. The number of H-pyrrole nitrogens is 1. The minimum absolute atomic E-state index is 0.0983. The standard InChI is InChI=1S/C11H10F4N2O2/c12-6-4-7(9(18)16-5-6)8-2-1-3-17(8)10(19)11(13,14)15/h4-5,8H,1-3H2,(H,16,18)/t8-/m1/s1. The van der Waals surface area contributed by atoms with E-state index in [0.717, 1.165) is 12.3 Å². The first kappa shape index (κ1) is 13.6. The zero-order valence-corrected chi connectivity index (χ0v) is 9.63. The monoisotopic (exact) mass is 278 g/mol. The molecule has 1 fully saturated rings. The summed E-state index contributed by atoms with van der Waals surface area (Å²) in [6, 6.07) is -0.167. The van der Waals surface area contributed by atoms with Crippen LogP contribution >= 0.6 is 0 Å². The van der Waals surface area contributed by atoms with Crippen LogP contribution in [-0.4, -0.2) is 28.5 Å². The van der Waals surface area contributed by atoms with Crippen LogP contribution < -0.4 is 5.56 Å². The number of likely N-dealkylation sites (tertiary alicyclic amines) is 1. The third-order valence-corrected chi connectivity index (χ3v) is 3.01. The number of pyridine rings is 1. The predicted molar refractivity (Wildman–Crippen MR) is 56.8 cm³/mol. The van der Waals surface area contributed by atoms with Crippen molar-refractivity contribution in [1.82, 2.24) is 9.88 Å². The summed E-state index contributed by atoms with van der Waals surface area (Å²) in [7, 11) is 0. The number of amides is 1. The first-order valence-corrected chi connectivity index (χ1v) is 5.56. The van der Waals surface area contributed by atoms with E-state index in [1.807, 2.05) is 0 Å². The smallest absolute Gasteiger partial charge is 0.328 e. The maximum absolute atomic E-state index is 13.1. The summed E-state index contributed by atoms with van der Waals surface area (Å²) < 4.78 is 50.3. The van der Waals surface area contributed by atoms with E-state index in [-0.39, 0.29) is 18.5 Å². The van der Waals surface area contributed by atoms with Gasteiger partial charge in [-0.3, -0.25) is 9.59 Å². The number of nitrogens with zero attached hydrogens (tertiary/aromatic N) is 1. The highest BCUT2D eigenvalue weighted by atomic mass is 19.4. The lowest BCUT2D eigenvalue weighted by atomic mass is 10.1. The molecule has 0 aliphatic carbocycles. The van der Waals surface area contributed by atoms with Gasteiger partial charge in [-0.1, -0.05) is 0 Å². The largest absolute Gasteiger partial charge is 0.471 e. The fourth-order valence-corrected chi connectivity index (χ4v) is 2.22. The molecule has 2 heterocycles. The number of rotatable bonds is 1. The third-order valence-electron chi connectivity index (χ3n) is 3.01. The van der Waals surface area contributed by atoms with Gasteiger partial charge < -0.3 is 9.88 Å². The molecule has 1 aliphatic rings. The van der Waals surface area contributed by atoms with Crippen LogP contribution in [0.1, 0.15) is 24.4 Å². The summed E-state index contributed by atoms with van der Waals surface area (Å²) in [5, 5.41) is 0. The van der Waals surface area contributed by atoms with E-state index in [1.54, 1.807) is 0 Å². The van der Waals surface area contributed by atoms with E-state index in [9.17, 15) is 27.2 Å². The summed E-state index contributed by atoms with van der Waals surface area (Å²) in [5.74, 6) is -2.76. The molecule has 8 heteroatoms. The number of halogens is 4. The Morgan fingerprint density at radius 3 is 2.74 bits per heavy atom. The molecule has 0 bridgehead atoms. The van der Waals surface area contributed by atoms with Crippen LogP contribution in [-0.2, 0) is 4.79 Å². The molecule has 104 valence electrons. The number of carbonyl (C=O) groups is 1. The lowest BCUT2D eigenvalue weighted by Crippen LogP contribution is -2.41. The maximum Gasteiger partial charge on any atom is 0.471 e. The van der Waals surface area contributed by atoms with E-state index in [4.69, 9.17) is 0 Å². The molecule has 0 saturated carbocycles. The average Bonchev–Trinajstić information content (AvgIpc) is 2.78. The van der Waals surface area contributed by atoms with Crippen molar-refractivity contribution in [2.75, 3.05) is 6.54 Å². The summed E-state index contributed by atoms with van der Waals surface area (Å²) in [6.07, 6.45) is -3.64. The number of nitrogens with one attached hydrogen (secondary N) is 1. The van der Waals surface area contributed by atoms with Gasteiger partial charge >= 0.3 is 12.1 Å². The Bertz CT molecular complexity index is 552. The number of aromatic amines is 1. The molecule has 1 amide bonds. The van der Waals surface area contributed by atoms with E-state index < -0.39 is 29.5 Å². The summed E-state index contributed by atoms with van der Waals surface area (Å²) in [6.45, 7) is -0.0983. The van der Waals surface area contributed by atoms with E-state index in [1.165, 1.54) is 0 Å². The predicted octanol–water partition coefficient (Wildman–Crippen LogP) is 1.74. The second-order valence-corrected chi connectivity index (χ2v) is 4.26. The van der Waals surface area contributed by atoms with Gasteiger partial charge in [0.1, 0.15) is 5.82 Å².